The van der Waals surface area contributed by atoms with Crippen LogP contribution < -0.4 is 0 Å². The van der Waals surface area contributed by atoms with E-state index < -0.39 is 0 Å². The summed E-state index contributed by atoms with van der Waals surface area (Å²) in [7, 11) is 0. The molecule has 4 heteroatoms. The van der Waals surface area contributed by atoms with Crippen molar-refractivity contribution in [1.82, 2.24) is 4.98 Å². The van der Waals surface area contributed by atoms with Crippen LogP contribution in [-0.2, 0) is 6.42 Å². The van der Waals surface area contributed by atoms with E-state index in [1.54, 1.807) is 11.3 Å². The van der Waals surface area contributed by atoms with Crippen molar-refractivity contribution >= 4 is 43.2 Å². The Kier molecular flexibility index (Phi) is 4.55. The molecule has 84 valence electrons. The molecule has 2 aromatic rings. The standard InChI is InChI=1S/C12H11Br2NS/c13-6-10(5-12-7-16-8-15-12)9-1-3-11(14)4-2-9/h1-4,7-8,10H,5-6H2. The van der Waals surface area contributed by atoms with Gasteiger partial charge in [0.1, 0.15) is 0 Å². The van der Waals surface area contributed by atoms with E-state index in [-0.39, 0.29) is 0 Å². The topological polar surface area (TPSA) is 12.9 Å². The van der Waals surface area contributed by atoms with E-state index in [0.29, 0.717) is 5.92 Å². The molecule has 0 fully saturated rings. The van der Waals surface area contributed by atoms with Crippen LogP contribution in [0.15, 0.2) is 39.6 Å². The number of halogens is 2. The van der Waals surface area contributed by atoms with Crippen LogP contribution in [0.25, 0.3) is 0 Å². The zero-order valence-corrected chi connectivity index (χ0v) is 12.6. The number of thiazole rings is 1. The first-order chi connectivity index (χ1) is 7.79. The molecule has 0 aliphatic rings. The molecule has 1 unspecified atom stereocenters. The highest BCUT2D eigenvalue weighted by atomic mass is 79.9. The van der Waals surface area contributed by atoms with Crippen LogP contribution in [0.1, 0.15) is 17.2 Å². The molecular weight excluding hydrogens is 350 g/mol. The molecule has 0 bridgehead atoms. The third-order valence-corrected chi connectivity index (χ3v) is 4.41. The van der Waals surface area contributed by atoms with Crippen LogP contribution in [-0.4, -0.2) is 10.3 Å². The fraction of sp³-hybridized carbons (Fsp3) is 0.250. The summed E-state index contributed by atoms with van der Waals surface area (Å²) in [6.45, 7) is 0. The van der Waals surface area contributed by atoms with Crippen molar-refractivity contribution in [1.29, 1.82) is 0 Å². The molecule has 0 radical (unpaired) electrons. The Bertz CT molecular complexity index is 425. The predicted octanol–water partition coefficient (Wildman–Crippen LogP) is 4.63. The maximum atomic E-state index is 4.34. The lowest BCUT2D eigenvalue weighted by atomic mass is 9.97. The van der Waals surface area contributed by atoms with Crippen LogP contribution in [0.3, 0.4) is 0 Å². The Labute approximate surface area is 116 Å². The Morgan fingerprint density at radius 1 is 1.25 bits per heavy atom. The highest BCUT2D eigenvalue weighted by Gasteiger charge is 2.11. The molecule has 0 N–H and O–H groups in total. The van der Waals surface area contributed by atoms with E-state index in [0.717, 1.165) is 16.2 Å². The largest absolute Gasteiger partial charge is 0.250 e. The maximum absolute atomic E-state index is 4.34. The van der Waals surface area contributed by atoms with E-state index in [1.165, 1.54) is 11.3 Å². The minimum absolute atomic E-state index is 0.496. The lowest BCUT2D eigenvalue weighted by molar-refractivity contribution is 0.760. The fourth-order valence-corrected chi connectivity index (χ4v) is 3.03. The van der Waals surface area contributed by atoms with E-state index in [4.69, 9.17) is 0 Å². The Balaban J connectivity index is 2.13. The Morgan fingerprint density at radius 3 is 2.56 bits per heavy atom. The predicted molar refractivity (Wildman–Crippen MR) is 76.5 cm³/mol. The summed E-state index contributed by atoms with van der Waals surface area (Å²) in [4.78, 5) is 4.34. The van der Waals surface area contributed by atoms with Crippen LogP contribution in [0.2, 0.25) is 0 Å². The van der Waals surface area contributed by atoms with Gasteiger partial charge >= 0.3 is 0 Å². The zero-order valence-electron chi connectivity index (χ0n) is 8.57. The van der Waals surface area contributed by atoms with E-state index >= 15 is 0 Å². The van der Waals surface area contributed by atoms with E-state index in [1.807, 2.05) is 5.51 Å². The van der Waals surface area contributed by atoms with Crippen molar-refractivity contribution in [2.24, 2.45) is 0 Å². The molecule has 1 aromatic heterocycles. The zero-order chi connectivity index (χ0) is 11.4. The summed E-state index contributed by atoms with van der Waals surface area (Å²) in [5.74, 6) is 0.496. The molecule has 1 aromatic carbocycles. The molecule has 0 saturated carbocycles. The smallest absolute Gasteiger partial charge is 0.0794 e. The number of rotatable bonds is 4. The summed E-state index contributed by atoms with van der Waals surface area (Å²) in [5, 5.41) is 3.08. The summed E-state index contributed by atoms with van der Waals surface area (Å²) >= 11 is 8.69. The van der Waals surface area contributed by atoms with Gasteiger partial charge in [-0.15, -0.1) is 11.3 Å². The average molecular weight is 361 g/mol. The van der Waals surface area contributed by atoms with Crippen molar-refractivity contribution < 1.29 is 0 Å². The van der Waals surface area contributed by atoms with Crippen molar-refractivity contribution in [2.45, 2.75) is 12.3 Å². The summed E-state index contributed by atoms with van der Waals surface area (Å²) in [6, 6.07) is 8.52. The number of alkyl halides is 1. The van der Waals surface area contributed by atoms with Crippen molar-refractivity contribution in [3.8, 4) is 0 Å². The van der Waals surface area contributed by atoms with Gasteiger partial charge in [0.25, 0.3) is 0 Å². The number of benzene rings is 1. The molecule has 0 aliphatic heterocycles. The van der Waals surface area contributed by atoms with Crippen molar-refractivity contribution in [2.75, 3.05) is 5.33 Å². The second-order valence-corrected chi connectivity index (χ2v) is 5.87. The minimum atomic E-state index is 0.496. The first-order valence-corrected chi connectivity index (χ1v) is 7.84. The summed E-state index contributed by atoms with van der Waals surface area (Å²) < 4.78 is 1.12. The lowest BCUT2D eigenvalue weighted by Gasteiger charge is -2.13. The Hall–Kier alpha value is -0.190. The van der Waals surface area contributed by atoms with Gasteiger partial charge in [-0.1, -0.05) is 44.0 Å². The molecule has 0 saturated heterocycles. The van der Waals surface area contributed by atoms with E-state index in [9.17, 15) is 0 Å². The van der Waals surface area contributed by atoms with Crippen LogP contribution in [0.4, 0.5) is 0 Å². The normalized spacial score (nSPS) is 12.6. The molecule has 1 heterocycles. The SMILES string of the molecule is BrCC(Cc1cscn1)c1ccc(Br)cc1. The first-order valence-electron chi connectivity index (χ1n) is 4.98. The molecule has 2 rings (SSSR count). The fourth-order valence-electron chi connectivity index (χ4n) is 1.59. The van der Waals surface area contributed by atoms with Crippen LogP contribution in [0.5, 0.6) is 0 Å². The van der Waals surface area contributed by atoms with Crippen LogP contribution >= 0.6 is 43.2 Å². The first kappa shape index (κ1) is 12.3. The third-order valence-electron chi connectivity index (χ3n) is 2.47. The van der Waals surface area contributed by atoms with Gasteiger partial charge in [-0.3, -0.25) is 0 Å². The van der Waals surface area contributed by atoms with Crippen LogP contribution in [0, 0.1) is 0 Å². The molecule has 1 atom stereocenters. The molecule has 0 amide bonds. The second kappa shape index (κ2) is 5.94. The highest BCUT2D eigenvalue weighted by Crippen LogP contribution is 2.24. The third kappa shape index (κ3) is 3.15. The van der Waals surface area contributed by atoms with Gasteiger partial charge in [-0.2, -0.15) is 0 Å². The molecule has 1 nitrogen and oxygen atoms in total. The highest BCUT2D eigenvalue weighted by molar-refractivity contribution is 9.10. The van der Waals surface area contributed by atoms with Gasteiger partial charge in [-0.05, 0) is 30.0 Å². The number of nitrogens with zero attached hydrogens (tertiary/aromatic N) is 1. The maximum Gasteiger partial charge on any atom is 0.0794 e. The summed E-state index contributed by atoms with van der Waals surface area (Å²) in [6.07, 6.45) is 0.996. The monoisotopic (exact) mass is 359 g/mol. The van der Waals surface area contributed by atoms with Gasteiger partial charge in [0.15, 0.2) is 0 Å². The molecule has 0 aliphatic carbocycles. The van der Waals surface area contributed by atoms with Gasteiger partial charge in [0.05, 0.1) is 11.2 Å². The number of aromatic nitrogens is 1. The number of hydrogen-bond acceptors (Lipinski definition) is 2. The average Bonchev–Trinajstić information content (AvgIpc) is 2.80. The van der Waals surface area contributed by atoms with E-state index in [2.05, 4.69) is 66.5 Å². The molecule has 0 spiro atoms. The van der Waals surface area contributed by atoms with Gasteiger partial charge in [-0.25, -0.2) is 4.98 Å². The van der Waals surface area contributed by atoms with Gasteiger partial charge < -0.3 is 0 Å². The summed E-state index contributed by atoms with van der Waals surface area (Å²) in [5.41, 5.74) is 4.42. The second-order valence-electron chi connectivity index (χ2n) is 3.59. The number of hydrogen-bond donors (Lipinski definition) is 0. The lowest BCUT2D eigenvalue weighted by Crippen LogP contribution is -2.04. The van der Waals surface area contributed by atoms with Gasteiger partial charge in [0.2, 0.25) is 0 Å². The van der Waals surface area contributed by atoms with Crippen molar-refractivity contribution in [3.05, 3.63) is 50.9 Å². The van der Waals surface area contributed by atoms with Crippen molar-refractivity contribution in [3.63, 3.8) is 0 Å². The molecular formula is C12H11Br2NS. The Morgan fingerprint density at radius 2 is 2.00 bits per heavy atom. The molecule has 16 heavy (non-hydrogen) atoms. The minimum Gasteiger partial charge on any atom is -0.250 e. The van der Waals surface area contributed by atoms with Gasteiger partial charge in [0, 0.05) is 15.2 Å². The quantitative estimate of drug-likeness (QED) is 0.724.